The predicted octanol–water partition coefficient (Wildman–Crippen LogP) is 5.84. The van der Waals surface area contributed by atoms with Crippen LogP contribution < -0.4 is 4.74 Å². The van der Waals surface area contributed by atoms with Crippen molar-refractivity contribution in [2.75, 3.05) is 12.5 Å². The highest BCUT2D eigenvalue weighted by atomic mass is 35.5. The zero-order chi connectivity index (χ0) is 14.9. The van der Waals surface area contributed by atoms with E-state index in [1.54, 1.807) is 0 Å². The number of benzene rings is 2. The summed E-state index contributed by atoms with van der Waals surface area (Å²) in [4.78, 5) is 0. The molecule has 0 amide bonds. The van der Waals surface area contributed by atoms with Crippen LogP contribution in [0.5, 0.6) is 5.75 Å². The monoisotopic (exact) mass is 302 g/mol. The first-order chi connectivity index (χ1) is 10.3. The Morgan fingerprint density at radius 2 is 1.67 bits per heavy atom. The fraction of sp³-hybridized carbons (Fsp3) is 0.368. The smallest absolute Gasteiger partial charge is 0.119 e. The number of rotatable bonds is 8. The second-order valence-electron chi connectivity index (χ2n) is 5.29. The first-order valence-electron chi connectivity index (χ1n) is 7.66. The van der Waals surface area contributed by atoms with E-state index in [9.17, 15) is 0 Å². The van der Waals surface area contributed by atoms with Crippen LogP contribution in [0.1, 0.15) is 31.2 Å². The van der Waals surface area contributed by atoms with Crippen molar-refractivity contribution in [1.29, 1.82) is 0 Å². The van der Waals surface area contributed by atoms with Crippen LogP contribution >= 0.6 is 11.6 Å². The molecule has 2 rings (SSSR count). The molecule has 0 atom stereocenters. The predicted molar refractivity (Wildman–Crippen MR) is 91.3 cm³/mol. The van der Waals surface area contributed by atoms with Gasteiger partial charge >= 0.3 is 0 Å². The Kier molecular flexibility index (Phi) is 6.62. The third-order valence-corrected chi connectivity index (χ3v) is 3.85. The lowest BCUT2D eigenvalue weighted by Crippen LogP contribution is -1.98. The van der Waals surface area contributed by atoms with Crippen molar-refractivity contribution < 1.29 is 4.74 Å². The molecule has 0 spiro atoms. The summed E-state index contributed by atoms with van der Waals surface area (Å²) in [6, 6.07) is 16.8. The molecule has 2 aromatic carbocycles. The van der Waals surface area contributed by atoms with Crippen LogP contribution in [0.25, 0.3) is 11.1 Å². The molecule has 0 saturated carbocycles. The molecule has 0 aliphatic rings. The summed E-state index contributed by atoms with van der Waals surface area (Å²) >= 11 is 5.66. The van der Waals surface area contributed by atoms with Gasteiger partial charge in [-0.2, -0.15) is 0 Å². The quantitative estimate of drug-likeness (QED) is 0.439. The van der Waals surface area contributed by atoms with Gasteiger partial charge in [0.15, 0.2) is 0 Å². The molecule has 0 fully saturated rings. The molecule has 0 aliphatic carbocycles. The van der Waals surface area contributed by atoms with Crippen LogP contribution in [0, 0.1) is 6.92 Å². The van der Waals surface area contributed by atoms with Gasteiger partial charge in [-0.15, -0.1) is 11.6 Å². The van der Waals surface area contributed by atoms with Gasteiger partial charge in [0.05, 0.1) is 6.61 Å². The van der Waals surface area contributed by atoms with Gasteiger partial charge in [-0.25, -0.2) is 0 Å². The molecule has 2 heteroatoms. The summed E-state index contributed by atoms with van der Waals surface area (Å²) in [6.07, 6.45) is 4.58. The first-order valence-corrected chi connectivity index (χ1v) is 8.19. The highest BCUT2D eigenvalue weighted by molar-refractivity contribution is 6.17. The number of hydrogen-bond acceptors (Lipinski definition) is 1. The molecule has 0 heterocycles. The van der Waals surface area contributed by atoms with E-state index >= 15 is 0 Å². The van der Waals surface area contributed by atoms with E-state index in [-0.39, 0.29) is 0 Å². The van der Waals surface area contributed by atoms with Crippen molar-refractivity contribution in [3.8, 4) is 16.9 Å². The first kappa shape index (κ1) is 15.9. The van der Waals surface area contributed by atoms with Gasteiger partial charge in [0.25, 0.3) is 0 Å². The number of unbranched alkanes of at least 4 members (excludes halogenated alkanes) is 3. The van der Waals surface area contributed by atoms with Crippen LogP contribution in [-0.2, 0) is 0 Å². The maximum Gasteiger partial charge on any atom is 0.119 e. The molecule has 2 aromatic rings. The van der Waals surface area contributed by atoms with Crippen molar-refractivity contribution in [2.24, 2.45) is 0 Å². The van der Waals surface area contributed by atoms with E-state index in [1.807, 2.05) is 6.07 Å². The Morgan fingerprint density at radius 1 is 0.905 bits per heavy atom. The van der Waals surface area contributed by atoms with E-state index < -0.39 is 0 Å². The molecular weight excluding hydrogens is 280 g/mol. The standard InChI is InChI=1S/C19H23ClO/c1-16-15-18(21-14-8-3-2-7-13-20)11-12-19(16)17-9-5-4-6-10-17/h4-6,9-12,15H,2-3,7-8,13-14H2,1H3. The second kappa shape index (κ2) is 8.74. The van der Waals surface area contributed by atoms with Gasteiger partial charge in [-0.1, -0.05) is 49.2 Å². The summed E-state index contributed by atoms with van der Waals surface area (Å²) in [7, 11) is 0. The lowest BCUT2D eigenvalue weighted by Gasteiger charge is -2.10. The molecule has 0 bridgehead atoms. The number of ether oxygens (including phenoxy) is 1. The fourth-order valence-corrected chi connectivity index (χ4v) is 2.60. The van der Waals surface area contributed by atoms with Crippen molar-refractivity contribution in [3.05, 3.63) is 54.1 Å². The van der Waals surface area contributed by atoms with Crippen LogP contribution in [0.3, 0.4) is 0 Å². The molecule has 0 unspecified atom stereocenters. The molecule has 0 aliphatic heterocycles. The topological polar surface area (TPSA) is 9.23 Å². The minimum absolute atomic E-state index is 0.765. The maximum absolute atomic E-state index is 5.82. The average Bonchev–Trinajstić information content (AvgIpc) is 2.52. The average molecular weight is 303 g/mol. The van der Waals surface area contributed by atoms with Crippen LogP contribution in [0.4, 0.5) is 0 Å². The SMILES string of the molecule is Cc1cc(OCCCCCCCl)ccc1-c1ccccc1. The molecule has 0 aromatic heterocycles. The highest BCUT2D eigenvalue weighted by Crippen LogP contribution is 2.26. The van der Waals surface area contributed by atoms with Crippen molar-refractivity contribution >= 4 is 11.6 Å². The Morgan fingerprint density at radius 3 is 2.38 bits per heavy atom. The lowest BCUT2D eigenvalue weighted by molar-refractivity contribution is 0.305. The van der Waals surface area contributed by atoms with Gasteiger partial charge in [0.2, 0.25) is 0 Å². The summed E-state index contributed by atoms with van der Waals surface area (Å²) in [5.74, 6) is 1.73. The number of hydrogen-bond donors (Lipinski definition) is 0. The second-order valence-corrected chi connectivity index (χ2v) is 5.67. The number of halogens is 1. The third kappa shape index (κ3) is 5.09. The number of alkyl halides is 1. The van der Waals surface area contributed by atoms with Crippen molar-refractivity contribution in [3.63, 3.8) is 0 Å². The fourth-order valence-electron chi connectivity index (χ4n) is 2.41. The Bertz CT molecular complexity index is 537. The van der Waals surface area contributed by atoms with Gasteiger partial charge in [-0.3, -0.25) is 0 Å². The molecule has 0 radical (unpaired) electrons. The van der Waals surface area contributed by atoms with Gasteiger partial charge in [0, 0.05) is 5.88 Å². The maximum atomic E-state index is 5.82. The number of aryl methyl sites for hydroxylation is 1. The summed E-state index contributed by atoms with van der Waals surface area (Å²) < 4.78 is 5.82. The van der Waals surface area contributed by atoms with Crippen LogP contribution in [0.15, 0.2) is 48.5 Å². The van der Waals surface area contributed by atoms with E-state index in [2.05, 4.69) is 49.4 Å². The van der Waals surface area contributed by atoms with Crippen molar-refractivity contribution in [2.45, 2.75) is 32.6 Å². The summed E-state index contributed by atoms with van der Waals surface area (Å²) in [6.45, 7) is 2.92. The highest BCUT2D eigenvalue weighted by Gasteiger charge is 2.03. The Balaban J connectivity index is 1.88. The Labute approximate surface area is 132 Å². The summed E-state index contributed by atoms with van der Waals surface area (Å²) in [5.41, 5.74) is 3.77. The van der Waals surface area contributed by atoms with Crippen molar-refractivity contribution in [1.82, 2.24) is 0 Å². The van der Waals surface area contributed by atoms with E-state index in [0.717, 1.165) is 31.1 Å². The normalized spacial score (nSPS) is 10.6. The zero-order valence-electron chi connectivity index (χ0n) is 12.6. The van der Waals surface area contributed by atoms with Gasteiger partial charge in [-0.05, 0) is 48.6 Å². The summed E-state index contributed by atoms with van der Waals surface area (Å²) in [5, 5.41) is 0. The third-order valence-electron chi connectivity index (χ3n) is 3.58. The van der Waals surface area contributed by atoms with E-state index in [4.69, 9.17) is 16.3 Å². The van der Waals surface area contributed by atoms with E-state index in [0.29, 0.717) is 0 Å². The molecule has 21 heavy (non-hydrogen) atoms. The molecule has 1 nitrogen and oxygen atoms in total. The van der Waals surface area contributed by atoms with Gasteiger partial charge in [0.1, 0.15) is 5.75 Å². The Hall–Kier alpha value is -1.47. The largest absolute Gasteiger partial charge is 0.494 e. The minimum atomic E-state index is 0.765. The van der Waals surface area contributed by atoms with Crippen LogP contribution in [0.2, 0.25) is 0 Å². The zero-order valence-corrected chi connectivity index (χ0v) is 13.4. The molecule has 112 valence electrons. The lowest BCUT2D eigenvalue weighted by atomic mass is 10.0. The van der Waals surface area contributed by atoms with Gasteiger partial charge < -0.3 is 4.74 Å². The van der Waals surface area contributed by atoms with E-state index in [1.165, 1.54) is 29.5 Å². The molecule has 0 saturated heterocycles. The molecule has 0 N–H and O–H groups in total. The minimum Gasteiger partial charge on any atom is -0.494 e. The molecular formula is C19H23ClO. The van der Waals surface area contributed by atoms with Crippen LogP contribution in [-0.4, -0.2) is 12.5 Å².